The average molecular weight is 228 g/mol. The molecule has 3 rings (SSSR count). The molecule has 0 aliphatic carbocycles. The first-order chi connectivity index (χ1) is 8.36. The number of rotatable bonds is 2. The minimum Gasteiger partial charge on any atom is -0.481 e. The molecule has 0 radical (unpaired) electrons. The molecule has 1 aliphatic rings. The lowest BCUT2D eigenvalue weighted by molar-refractivity contribution is 0.399. The quantitative estimate of drug-likeness (QED) is 0.790. The number of hydrogen-bond acceptors (Lipinski definition) is 3. The summed E-state index contributed by atoms with van der Waals surface area (Å²) in [4.78, 5) is 6.85. The third-order valence-corrected chi connectivity index (χ3v) is 3.33. The van der Waals surface area contributed by atoms with E-state index in [1.165, 1.54) is 37.0 Å². The molecule has 0 amide bonds. The van der Waals surface area contributed by atoms with Crippen molar-refractivity contribution in [2.45, 2.75) is 12.8 Å². The zero-order valence-corrected chi connectivity index (χ0v) is 10.0. The van der Waals surface area contributed by atoms with Gasteiger partial charge in [0.15, 0.2) is 0 Å². The molecular weight excluding hydrogens is 212 g/mol. The molecule has 0 bridgehead atoms. The van der Waals surface area contributed by atoms with Gasteiger partial charge in [0, 0.05) is 30.2 Å². The molecule has 2 heterocycles. The van der Waals surface area contributed by atoms with Gasteiger partial charge >= 0.3 is 0 Å². The molecule has 0 unspecified atom stereocenters. The van der Waals surface area contributed by atoms with E-state index in [-0.39, 0.29) is 0 Å². The highest BCUT2D eigenvalue weighted by atomic mass is 16.5. The molecule has 3 heteroatoms. The van der Waals surface area contributed by atoms with E-state index in [0.717, 1.165) is 5.52 Å². The summed E-state index contributed by atoms with van der Waals surface area (Å²) in [5.41, 5.74) is 2.30. The molecule has 0 saturated carbocycles. The zero-order valence-electron chi connectivity index (χ0n) is 10.0. The number of pyridine rings is 1. The Labute approximate surface area is 101 Å². The molecule has 0 atom stereocenters. The van der Waals surface area contributed by atoms with Gasteiger partial charge in [-0.05, 0) is 37.1 Å². The van der Waals surface area contributed by atoms with Crippen molar-refractivity contribution in [1.29, 1.82) is 0 Å². The Morgan fingerprint density at radius 2 is 1.94 bits per heavy atom. The Morgan fingerprint density at radius 3 is 2.71 bits per heavy atom. The first kappa shape index (κ1) is 10.4. The maximum Gasteiger partial charge on any atom is 0.213 e. The van der Waals surface area contributed by atoms with Crippen molar-refractivity contribution in [3.8, 4) is 5.88 Å². The summed E-state index contributed by atoms with van der Waals surface area (Å²) in [6.07, 6.45) is 2.61. The highest BCUT2D eigenvalue weighted by molar-refractivity contribution is 5.83. The van der Waals surface area contributed by atoms with Crippen molar-refractivity contribution in [3.63, 3.8) is 0 Å². The van der Waals surface area contributed by atoms with Crippen LogP contribution in [-0.4, -0.2) is 25.2 Å². The Kier molecular flexibility index (Phi) is 2.59. The monoisotopic (exact) mass is 228 g/mol. The van der Waals surface area contributed by atoms with Crippen LogP contribution in [0.25, 0.3) is 10.9 Å². The van der Waals surface area contributed by atoms with Gasteiger partial charge in [0.2, 0.25) is 5.88 Å². The number of ether oxygens (including phenoxy) is 1. The van der Waals surface area contributed by atoms with Gasteiger partial charge in [-0.2, -0.15) is 0 Å². The van der Waals surface area contributed by atoms with E-state index >= 15 is 0 Å². The molecule has 1 aliphatic heterocycles. The Bertz CT molecular complexity index is 533. The van der Waals surface area contributed by atoms with Gasteiger partial charge in [0.1, 0.15) is 0 Å². The number of anilines is 1. The van der Waals surface area contributed by atoms with Crippen molar-refractivity contribution in [2.24, 2.45) is 0 Å². The van der Waals surface area contributed by atoms with Gasteiger partial charge in [0.25, 0.3) is 0 Å². The van der Waals surface area contributed by atoms with Crippen LogP contribution in [0.2, 0.25) is 0 Å². The van der Waals surface area contributed by atoms with Crippen molar-refractivity contribution in [1.82, 2.24) is 4.98 Å². The fourth-order valence-corrected chi connectivity index (χ4v) is 2.38. The van der Waals surface area contributed by atoms with Crippen LogP contribution in [0.15, 0.2) is 30.3 Å². The molecule has 0 spiro atoms. The van der Waals surface area contributed by atoms with E-state index in [9.17, 15) is 0 Å². The Morgan fingerprint density at radius 1 is 1.12 bits per heavy atom. The van der Waals surface area contributed by atoms with E-state index < -0.39 is 0 Å². The normalized spacial score (nSPS) is 15.5. The van der Waals surface area contributed by atoms with Crippen LogP contribution >= 0.6 is 0 Å². The number of nitrogens with zero attached hydrogens (tertiary/aromatic N) is 2. The summed E-state index contributed by atoms with van der Waals surface area (Å²) in [7, 11) is 1.65. The second-order valence-corrected chi connectivity index (χ2v) is 4.42. The first-order valence-corrected chi connectivity index (χ1v) is 6.06. The van der Waals surface area contributed by atoms with E-state index in [2.05, 4.69) is 34.1 Å². The van der Waals surface area contributed by atoms with Crippen molar-refractivity contribution < 1.29 is 4.74 Å². The minimum atomic E-state index is 0.673. The van der Waals surface area contributed by atoms with Gasteiger partial charge in [0.05, 0.1) is 12.6 Å². The van der Waals surface area contributed by atoms with Gasteiger partial charge in [-0.15, -0.1) is 0 Å². The number of fused-ring (bicyclic) bond motifs is 1. The summed E-state index contributed by atoms with van der Waals surface area (Å²) in [6, 6.07) is 10.4. The van der Waals surface area contributed by atoms with Gasteiger partial charge in [-0.1, -0.05) is 0 Å². The highest BCUT2D eigenvalue weighted by Gasteiger charge is 2.12. The lowest BCUT2D eigenvalue weighted by Crippen LogP contribution is -2.17. The fraction of sp³-hybridized carbons (Fsp3) is 0.357. The van der Waals surface area contributed by atoms with E-state index in [1.807, 2.05) is 6.07 Å². The molecule has 1 aromatic heterocycles. The third-order valence-electron chi connectivity index (χ3n) is 3.33. The van der Waals surface area contributed by atoms with E-state index in [4.69, 9.17) is 4.74 Å². The van der Waals surface area contributed by atoms with Gasteiger partial charge < -0.3 is 9.64 Å². The summed E-state index contributed by atoms with van der Waals surface area (Å²) in [6.45, 7) is 2.35. The maximum atomic E-state index is 5.13. The SMILES string of the molecule is COc1ccc2cc(N3CCCC3)ccc2n1. The van der Waals surface area contributed by atoms with Gasteiger partial charge in [-0.25, -0.2) is 4.98 Å². The molecule has 1 fully saturated rings. The zero-order chi connectivity index (χ0) is 11.7. The molecule has 17 heavy (non-hydrogen) atoms. The average Bonchev–Trinajstić information content (AvgIpc) is 2.91. The van der Waals surface area contributed by atoms with E-state index in [0.29, 0.717) is 5.88 Å². The van der Waals surface area contributed by atoms with Crippen LogP contribution in [-0.2, 0) is 0 Å². The molecular formula is C14H16N2O. The first-order valence-electron chi connectivity index (χ1n) is 6.06. The summed E-state index contributed by atoms with van der Waals surface area (Å²) < 4.78 is 5.13. The molecule has 3 nitrogen and oxygen atoms in total. The van der Waals surface area contributed by atoms with Crippen molar-refractivity contribution >= 4 is 16.6 Å². The molecule has 88 valence electrons. The number of methoxy groups -OCH3 is 1. The molecule has 1 aromatic carbocycles. The maximum absolute atomic E-state index is 5.13. The largest absolute Gasteiger partial charge is 0.481 e. The number of aromatic nitrogens is 1. The minimum absolute atomic E-state index is 0.673. The lowest BCUT2D eigenvalue weighted by Gasteiger charge is -2.17. The predicted molar refractivity (Wildman–Crippen MR) is 69.7 cm³/mol. The topological polar surface area (TPSA) is 25.4 Å². The molecule has 2 aromatic rings. The van der Waals surface area contributed by atoms with Crippen LogP contribution in [0, 0.1) is 0 Å². The molecule has 1 saturated heterocycles. The van der Waals surface area contributed by atoms with Crippen LogP contribution in [0.5, 0.6) is 5.88 Å². The number of benzene rings is 1. The van der Waals surface area contributed by atoms with Crippen LogP contribution in [0.3, 0.4) is 0 Å². The second kappa shape index (κ2) is 4.24. The standard InChI is InChI=1S/C14H16N2O/c1-17-14-7-4-11-10-12(5-6-13(11)15-14)16-8-2-3-9-16/h4-7,10H,2-3,8-9H2,1H3. The predicted octanol–water partition coefficient (Wildman–Crippen LogP) is 2.84. The van der Waals surface area contributed by atoms with Crippen molar-refractivity contribution in [3.05, 3.63) is 30.3 Å². The smallest absolute Gasteiger partial charge is 0.213 e. The summed E-state index contributed by atoms with van der Waals surface area (Å²) >= 11 is 0. The fourth-order valence-electron chi connectivity index (χ4n) is 2.38. The number of hydrogen-bond donors (Lipinski definition) is 0. The van der Waals surface area contributed by atoms with Crippen molar-refractivity contribution in [2.75, 3.05) is 25.1 Å². The van der Waals surface area contributed by atoms with Crippen LogP contribution < -0.4 is 9.64 Å². The Balaban J connectivity index is 2.01. The van der Waals surface area contributed by atoms with Gasteiger partial charge in [-0.3, -0.25) is 0 Å². The van der Waals surface area contributed by atoms with Crippen LogP contribution in [0.1, 0.15) is 12.8 Å². The Hall–Kier alpha value is -1.77. The molecule has 0 N–H and O–H groups in total. The summed E-state index contributed by atoms with van der Waals surface area (Å²) in [5.74, 6) is 0.673. The van der Waals surface area contributed by atoms with E-state index in [1.54, 1.807) is 7.11 Å². The second-order valence-electron chi connectivity index (χ2n) is 4.42. The summed E-state index contributed by atoms with van der Waals surface area (Å²) in [5, 5.41) is 1.18. The lowest BCUT2D eigenvalue weighted by atomic mass is 10.2. The van der Waals surface area contributed by atoms with Crippen LogP contribution in [0.4, 0.5) is 5.69 Å². The highest BCUT2D eigenvalue weighted by Crippen LogP contribution is 2.25. The third kappa shape index (κ3) is 1.93.